The lowest BCUT2D eigenvalue weighted by Crippen LogP contribution is -2.52. The highest BCUT2D eigenvalue weighted by atomic mass is 16.2. The summed E-state index contributed by atoms with van der Waals surface area (Å²) in [5, 5.41) is 2.97. The van der Waals surface area contributed by atoms with Gasteiger partial charge in [-0.3, -0.25) is 4.90 Å². The molecular formula is C23H30N6O. The van der Waals surface area contributed by atoms with Gasteiger partial charge >= 0.3 is 6.03 Å². The number of pyridine rings is 1. The van der Waals surface area contributed by atoms with Gasteiger partial charge in [0.1, 0.15) is 11.3 Å². The van der Waals surface area contributed by atoms with Crippen molar-refractivity contribution in [2.24, 2.45) is 0 Å². The van der Waals surface area contributed by atoms with Crippen LogP contribution in [-0.4, -0.2) is 69.6 Å². The largest absolute Gasteiger partial charge is 0.338 e. The molecule has 0 bridgehead atoms. The highest BCUT2D eigenvalue weighted by Gasteiger charge is 2.21. The Hall–Kier alpha value is -2.93. The summed E-state index contributed by atoms with van der Waals surface area (Å²) in [4.78, 5) is 25.9. The van der Waals surface area contributed by atoms with E-state index in [-0.39, 0.29) is 6.03 Å². The van der Waals surface area contributed by atoms with Gasteiger partial charge in [-0.15, -0.1) is 0 Å². The lowest BCUT2D eigenvalue weighted by atomic mass is 10.1. The Labute approximate surface area is 177 Å². The third-order valence-corrected chi connectivity index (χ3v) is 5.64. The van der Waals surface area contributed by atoms with Crippen LogP contribution in [0.4, 0.5) is 4.79 Å². The van der Waals surface area contributed by atoms with Gasteiger partial charge in [0.2, 0.25) is 0 Å². The minimum absolute atomic E-state index is 0.0583. The molecule has 3 aromatic rings. The second-order valence-corrected chi connectivity index (χ2v) is 7.86. The Balaban J connectivity index is 1.45. The average molecular weight is 407 g/mol. The molecule has 1 saturated heterocycles. The molecule has 2 amide bonds. The topological polar surface area (TPSA) is 66.3 Å². The molecule has 30 heavy (non-hydrogen) atoms. The maximum Gasteiger partial charge on any atom is 0.317 e. The van der Waals surface area contributed by atoms with E-state index in [1.807, 2.05) is 23.2 Å². The van der Waals surface area contributed by atoms with Crippen LogP contribution in [-0.2, 0) is 6.54 Å². The Kier molecular flexibility index (Phi) is 6.28. The number of aryl methyl sites for hydroxylation is 1. The number of piperazine rings is 1. The van der Waals surface area contributed by atoms with E-state index < -0.39 is 0 Å². The fourth-order valence-electron chi connectivity index (χ4n) is 3.85. The summed E-state index contributed by atoms with van der Waals surface area (Å²) in [6.45, 7) is 9.94. The highest BCUT2D eigenvalue weighted by molar-refractivity contribution is 5.77. The molecule has 1 N–H and O–H groups in total. The first-order valence-electron chi connectivity index (χ1n) is 10.8. The number of urea groups is 1. The lowest BCUT2D eigenvalue weighted by Gasteiger charge is -2.34. The molecule has 1 fully saturated rings. The quantitative estimate of drug-likeness (QED) is 0.683. The van der Waals surface area contributed by atoms with Crippen LogP contribution < -0.4 is 5.32 Å². The summed E-state index contributed by atoms with van der Waals surface area (Å²) in [5.41, 5.74) is 4.19. The third-order valence-electron chi connectivity index (χ3n) is 5.64. The fourth-order valence-corrected chi connectivity index (χ4v) is 3.85. The van der Waals surface area contributed by atoms with Crippen LogP contribution in [0.5, 0.6) is 0 Å². The number of benzene rings is 1. The number of amides is 2. The average Bonchev–Trinajstić information content (AvgIpc) is 3.15. The number of imidazole rings is 1. The predicted octanol–water partition coefficient (Wildman–Crippen LogP) is 3.14. The Bertz CT molecular complexity index is 989. The molecule has 3 heterocycles. The van der Waals surface area contributed by atoms with Crippen LogP contribution >= 0.6 is 0 Å². The monoisotopic (exact) mass is 406 g/mol. The first-order valence-corrected chi connectivity index (χ1v) is 10.8. The SMILES string of the molecule is CCCNC(=O)N1CCN(CCn2c(-c3ccc(C)cc3)nc3cccnc32)CC1. The van der Waals surface area contributed by atoms with Crippen molar-refractivity contribution in [1.82, 2.24) is 29.7 Å². The lowest BCUT2D eigenvalue weighted by molar-refractivity contribution is 0.137. The second-order valence-electron chi connectivity index (χ2n) is 7.86. The molecule has 0 spiro atoms. The van der Waals surface area contributed by atoms with Crippen molar-refractivity contribution in [3.05, 3.63) is 48.2 Å². The number of fused-ring (bicyclic) bond motifs is 1. The number of nitrogens with one attached hydrogen (secondary N) is 1. The summed E-state index contributed by atoms with van der Waals surface area (Å²) in [5.74, 6) is 0.960. The van der Waals surface area contributed by atoms with Crippen LogP contribution in [0.1, 0.15) is 18.9 Å². The Morgan fingerprint density at radius 1 is 1.07 bits per heavy atom. The normalized spacial score (nSPS) is 14.9. The number of hydrogen-bond donors (Lipinski definition) is 1. The van der Waals surface area contributed by atoms with E-state index in [1.165, 1.54) is 5.56 Å². The van der Waals surface area contributed by atoms with Crippen LogP contribution in [0.15, 0.2) is 42.6 Å². The van der Waals surface area contributed by atoms with Crippen LogP contribution in [0.3, 0.4) is 0 Å². The summed E-state index contributed by atoms with van der Waals surface area (Å²) in [6.07, 6.45) is 2.79. The molecule has 4 rings (SSSR count). The number of carbonyl (C=O) groups is 1. The number of nitrogens with zero attached hydrogens (tertiary/aromatic N) is 5. The van der Waals surface area contributed by atoms with E-state index in [2.05, 4.69) is 57.9 Å². The van der Waals surface area contributed by atoms with Gasteiger partial charge in [-0.05, 0) is 25.5 Å². The van der Waals surface area contributed by atoms with Gasteiger partial charge in [-0.1, -0.05) is 36.8 Å². The fraction of sp³-hybridized carbons (Fsp3) is 0.435. The maximum absolute atomic E-state index is 12.2. The molecule has 0 atom stereocenters. The van der Waals surface area contributed by atoms with Crippen molar-refractivity contribution in [2.75, 3.05) is 39.3 Å². The van der Waals surface area contributed by atoms with Crippen molar-refractivity contribution in [3.8, 4) is 11.4 Å². The molecule has 158 valence electrons. The van der Waals surface area contributed by atoms with Crippen molar-refractivity contribution >= 4 is 17.2 Å². The molecule has 1 aromatic carbocycles. The molecule has 1 aliphatic rings. The number of hydrogen-bond acceptors (Lipinski definition) is 4. The van der Waals surface area contributed by atoms with E-state index in [4.69, 9.17) is 4.98 Å². The van der Waals surface area contributed by atoms with Crippen molar-refractivity contribution in [3.63, 3.8) is 0 Å². The third kappa shape index (κ3) is 4.46. The van der Waals surface area contributed by atoms with E-state index in [1.54, 1.807) is 0 Å². The molecule has 1 aliphatic heterocycles. The van der Waals surface area contributed by atoms with Crippen molar-refractivity contribution in [1.29, 1.82) is 0 Å². The van der Waals surface area contributed by atoms with E-state index in [0.717, 1.165) is 74.8 Å². The van der Waals surface area contributed by atoms with Crippen LogP contribution in [0.25, 0.3) is 22.6 Å². The standard InChI is InChI=1S/C23H30N6O/c1-3-10-25-23(30)28-15-12-27(13-16-28)14-17-29-21(19-8-6-18(2)7-9-19)26-20-5-4-11-24-22(20)29/h4-9,11H,3,10,12-17H2,1-2H3,(H,25,30). The molecule has 0 unspecified atom stereocenters. The van der Waals surface area contributed by atoms with Crippen LogP contribution in [0.2, 0.25) is 0 Å². The Morgan fingerprint density at radius 2 is 1.83 bits per heavy atom. The minimum atomic E-state index is 0.0583. The predicted molar refractivity (Wildman–Crippen MR) is 119 cm³/mol. The van der Waals surface area contributed by atoms with E-state index in [0.29, 0.717) is 0 Å². The summed E-state index contributed by atoms with van der Waals surface area (Å²) >= 11 is 0. The van der Waals surface area contributed by atoms with E-state index in [9.17, 15) is 4.79 Å². The Morgan fingerprint density at radius 3 is 2.57 bits per heavy atom. The molecule has 2 aromatic heterocycles. The zero-order chi connectivity index (χ0) is 20.9. The summed E-state index contributed by atoms with van der Waals surface area (Å²) in [7, 11) is 0. The maximum atomic E-state index is 12.2. The molecule has 7 nitrogen and oxygen atoms in total. The number of carbonyl (C=O) groups excluding carboxylic acids is 1. The molecule has 0 aliphatic carbocycles. The number of aromatic nitrogens is 3. The molecular weight excluding hydrogens is 376 g/mol. The van der Waals surface area contributed by atoms with Gasteiger partial charge in [-0.2, -0.15) is 0 Å². The number of rotatable bonds is 6. The zero-order valence-electron chi connectivity index (χ0n) is 17.8. The van der Waals surface area contributed by atoms with Gasteiger partial charge in [-0.25, -0.2) is 14.8 Å². The molecule has 0 saturated carbocycles. The molecule has 7 heteroatoms. The van der Waals surface area contributed by atoms with E-state index >= 15 is 0 Å². The summed E-state index contributed by atoms with van der Waals surface area (Å²) in [6, 6.07) is 12.5. The second kappa shape index (κ2) is 9.26. The summed E-state index contributed by atoms with van der Waals surface area (Å²) < 4.78 is 2.22. The molecule has 0 radical (unpaired) electrons. The van der Waals surface area contributed by atoms with Gasteiger partial charge < -0.3 is 14.8 Å². The minimum Gasteiger partial charge on any atom is -0.338 e. The van der Waals surface area contributed by atoms with Gasteiger partial charge in [0.25, 0.3) is 0 Å². The first-order chi connectivity index (χ1) is 14.7. The van der Waals surface area contributed by atoms with Gasteiger partial charge in [0.15, 0.2) is 5.65 Å². The smallest absolute Gasteiger partial charge is 0.317 e. The van der Waals surface area contributed by atoms with Crippen LogP contribution in [0, 0.1) is 6.92 Å². The van der Waals surface area contributed by atoms with Crippen molar-refractivity contribution in [2.45, 2.75) is 26.8 Å². The van der Waals surface area contributed by atoms with Gasteiger partial charge in [0, 0.05) is 57.6 Å². The zero-order valence-corrected chi connectivity index (χ0v) is 17.8. The van der Waals surface area contributed by atoms with Gasteiger partial charge in [0.05, 0.1) is 0 Å². The van der Waals surface area contributed by atoms with Crippen molar-refractivity contribution < 1.29 is 4.79 Å². The highest BCUT2D eigenvalue weighted by Crippen LogP contribution is 2.24. The first kappa shape index (κ1) is 20.3.